The summed E-state index contributed by atoms with van der Waals surface area (Å²) < 4.78 is 99.7. The normalized spacial score (nSPS) is 15.8. The molecular weight excluding hydrogens is 543 g/mol. The molecule has 0 saturated heterocycles. The summed E-state index contributed by atoms with van der Waals surface area (Å²) >= 11 is 0. The molecule has 3 aromatic carbocycles. The molecule has 0 atom stereocenters. The van der Waals surface area contributed by atoms with Crippen molar-refractivity contribution < 1.29 is 39.9 Å². The van der Waals surface area contributed by atoms with Crippen molar-refractivity contribution in [3.8, 4) is 16.9 Å². The van der Waals surface area contributed by atoms with Crippen LogP contribution in [0, 0.1) is 17.0 Å². The van der Waals surface area contributed by atoms with Crippen molar-refractivity contribution in [2.24, 2.45) is 5.41 Å². The number of hydrogen-bond donors (Lipinski definition) is 1. The summed E-state index contributed by atoms with van der Waals surface area (Å²) in [5, 5.41) is 2.63. The van der Waals surface area contributed by atoms with E-state index in [4.69, 9.17) is 4.74 Å². The molecule has 1 amide bonds. The molecule has 0 unspecified atom stereocenters. The van der Waals surface area contributed by atoms with Crippen molar-refractivity contribution in [1.82, 2.24) is 5.32 Å². The Balaban J connectivity index is 0.000000379. The van der Waals surface area contributed by atoms with Crippen LogP contribution in [0.5, 0.6) is 5.75 Å². The van der Waals surface area contributed by atoms with Crippen LogP contribution >= 0.6 is 0 Å². The number of hydrogen-bond acceptors (Lipinski definition) is 4. The van der Waals surface area contributed by atoms with Gasteiger partial charge in [0, 0.05) is 18.0 Å². The van der Waals surface area contributed by atoms with Gasteiger partial charge in [-0.05, 0) is 66.9 Å². The first-order valence-electron chi connectivity index (χ1n) is 11.9. The van der Waals surface area contributed by atoms with E-state index in [2.05, 4.69) is 5.32 Å². The highest BCUT2D eigenvalue weighted by atomic mass is 32.2. The molecule has 1 saturated carbocycles. The zero-order valence-electron chi connectivity index (χ0n) is 21.0. The number of ether oxygens (including phenoxy) is 1. The number of nitrogens with one attached hydrogen (secondary N) is 1. The molecule has 208 valence electrons. The predicted octanol–water partition coefficient (Wildman–Crippen LogP) is 5.77. The quantitative estimate of drug-likeness (QED) is 0.406. The Kier molecular flexibility index (Phi) is 7.61. The molecule has 12 heteroatoms. The fourth-order valence-electron chi connectivity index (χ4n) is 4.01. The minimum atomic E-state index is -4.71. The number of anilines is 1. The number of sulfonamides is 1. The van der Waals surface area contributed by atoms with Crippen molar-refractivity contribution in [2.45, 2.75) is 30.8 Å². The van der Waals surface area contributed by atoms with Gasteiger partial charge in [0.15, 0.2) is 0 Å². The summed E-state index contributed by atoms with van der Waals surface area (Å²) in [7, 11) is -2.70. The van der Waals surface area contributed by atoms with Gasteiger partial charge in [-0.15, -0.1) is 0 Å². The standard InChI is InChI=1S/C21H14F5NO3S.C6H11NO/c22-15-5-6-18(23)17(12-15)13-4-7-20-19(10-13)27(8-9-30-20)31(28,29)16-3-1-2-14(11-16)21(24,25)26;1-6(3-4-6)5(8)7-2/h1-7,10-12H,8-9H2;3-4H2,1-2H3,(H,7,8). The van der Waals surface area contributed by atoms with Gasteiger partial charge in [0.05, 0.1) is 22.7 Å². The molecule has 3 aromatic rings. The highest BCUT2D eigenvalue weighted by Crippen LogP contribution is 2.44. The Labute approximate surface area is 222 Å². The van der Waals surface area contributed by atoms with Crippen molar-refractivity contribution in [3.05, 3.63) is 77.9 Å². The lowest BCUT2D eigenvalue weighted by Crippen LogP contribution is -2.38. The van der Waals surface area contributed by atoms with Crippen LogP contribution in [-0.4, -0.2) is 34.5 Å². The van der Waals surface area contributed by atoms with Gasteiger partial charge in [-0.2, -0.15) is 13.2 Å². The highest BCUT2D eigenvalue weighted by molar-refractivity contribution is 7.92. The van der Waals surface area contributed by atoms with Crippen molar-refractivity contribution in [3.63, 3.8) is 0 Å². The van der Waals surface area contributed by atoms with Crippen LogP contribution in [0.2, 0.25) is 0 Å². The van der Waals surface area contributed by atoms with Crippen molar-refractivity contribution in [2.75, 3.05) is 24.5 Å². The number of carbonyl (C=O) groups excluding carboxylic acids is 1. The molecule has 0 spiro atoms. The molecule has 2 aliphatic rings. The molecule has 5 rings (SSSR count). The molecule has 1 heterocycles. The fourth-order valence-corrected chi connectivity index (χ4v) is 5.50. The largest absolute Gasteiger partial charge is 0.489 e. The van der Waals surface area contributed by atoms with E-state index in [-0.39, 0.29) is 47.0 Å². The smallest absolute Gasteiger partial charge is 0.416 e. The molecule has 6 nitrogen and oxygen atoms in total. The van der Waals surface area contributed by atoms with Gasteiger partial charge in [0.1, 0.15) is 24.0 Å². The van der Waals surface area contributed by atoms with Gasteiger partial charge in [0.2, 0.25) is 5.91 Å². The number of alkyl halides is 3. The van der Waals surface area contributed by atoms with Gasteiger partial charge >= 0.3 is 6.18 Å². The molecule has 0 radical (unpaired) electrons. The monoisotopic (exact) mass is 568 g/mol. The fraction of sp³-hybridized carbons (Fsp3) is 0.296. The molecule has 39 heavy (non-hydrogen) atoms. The summed E-state index contributed by atoms with van der Waals surface area (Å²) in [6.07, 6.45) is -2.59. The van der Waals surface area contributed by atoms with Crippen LogP contribution in [-0.2, 0) is 21.0 Å². The average molecular weight is 569 g/mol. The summed E-state index contributed by atoms with van der Waals surface area (Å²) in [6, 6.07) is 10.4. The summed E-state index contributed by atoms with van der Waals surface area (Å²) in [5.74, 6) is -1.05. The molecular formula is C27H25F5N2O4S. The third-order valence-electron chi connectivity index (χ3n) is 6.54. The highest BCUT2D eigenvalue weighted by Gasteiger charge is 2.44. The van der Waals surface area contributed by atoms with E-state index < -0.39 is 38.3 Å². The topological polar surface area (TPSA) is 75.7 Å². The van der Waals surface area contributed by atoms with E-state index >= 15 is 0 Å². The Morgan fingerprint density at radius 1 is 1.03 bits per heavy atom. The zero-order valence-corrected chi connectivity index (χ0v) is 21.8. The predicted molar refractivity (Wildman–Crippen MR) is 135 cm³/mol. The number of carbonyl (C=O) groups is 1. The molecule has 1 aliphatic heterocycles. The van der Waals surface area contributed by atoms with Gasteiger partial charge in [-0.25, -0.2) is 17.2 Å². The minimum Gasteiger partial charge on any atom is -0.489 e. The van der Waals surface area contributed by atoms with Crippen LogP contribution in [0.3, 0.4) is 0 Å². The Morgan fingerprint density at radius 3 is 2.36 bits per heavy atom. The molecule has 1 N–H and O–H groups in total. The van der Waals surface area contributed by atoms with E-state index in [0.29, 0.717) is 6.07 Å². The average Bonchev–Trinajstić information content (AvgIpc) is 3.67. The summed E-state index contributed by atoms with van der Waals surface area (Å²) in [6.45, 7) is 1.80. The number of benzene rings is 3. The van der Waals surface area contributed by atoms with Crippen LogP contribution in [0.25, 0.3) is 11.1 Å². The minimum absolute atomic E-state index is 0.00868. The first-order valence-corrected chi connectivity index (χ1v) is 13.3. The SMILES string of the molecule is CNC(=O)C1(C)CC1.O=S(=O)(c1cccc(C(F)(F)F)c1)N1CCOc2ccc(-c3cc(F)ccc3F)cc21. The lowest BCUT2D eigenvalue weighted by Gasteiger charge is -2.31. The zero-order chi connectivity index (χ0) is 28.6. The van der Waals surface area contributed by atoms with Crippen molar-refractivity contribution in [1.29, 1.82) is 0 Å². The summed E-state index contributed by atoms with van der Waals surface area (Å²) in [5.41, 5.74) is -0.980. The number of nitrogens with zero attached hydrogens (tertiary/aromatic N) is 1. The van der Waals surface area contributed by atoms with E-state index in [1.807, 2.05) is 6.92 Å². The van der Waals surface area contributed by atoms with E-state index in [1.54, 1.807) is 7.05 Å². The molecule has 1 aliphatic carbocycles. The Bertz CT molecular complexity index is 1500. The number of amides is 1. The van der Waals surface area contributed by atoms with E-state index in [9.17, 15) is 35.2 Å². The van der Waals surface area contributed by atoms with Crippen molar-refractivity contribution >= 4 is 21.6 Å². The van der Waals surface area contributed by atoms with Gasteiger partial charge in [0.25, 0.3) is 10.0 Å². The van der Waals surface area contributed by atoms with Gasteiger partial charge in [-0.1, -0.05) is 19.1 Å². The van der Waals surface area contributed by atoms with Crippen LogP contribution < -0.4 is 14.4 Å². The molecule has 1 fully saturated rings. The molecule has 0 bridgehead atoms. The Hall–Kier alpha value is -3.67. The van der Waals surface area contributed by atoms with E-state index in [1.165, 1.54) is 18.2 Å². The maximum Gasteiger partial charge on any atom is 0.416 e. The second kappa shape index (κ2) is 10.5. The van der Waals surface area contributed by atoms with Gasteiger partial charge < -0.3 is 10.1 Å². The summed E-state index contributed by atoms with van der Waals surface area (Å²) in [4.78, 5) is 10.2. The second-order valence-electron chi connectivity index (χ2n) is 9.40. The van der Waals surface area contributed by atoms with E-state index in [0.717, 1.165) is 53.5 Å². The lowest BCUT2D eigenvalue weighted by atomic mass is 10.0. The maximum absolute atomic E-state index is 14.2. The van der Waals surface area contributed by atoms with Gasteiger partial charge in [-0.3, -0.25) is 9.10 Å². The van der Waals surface area contributed by atoms with Crippen LogP contribution in [0.1, 0.15) is 25.3 Å². The number of halogens is 5. The Morgan fingerprint density at radius 2 is 1.74 bits per heavy atom. The third kappa shape index (κ3) is 6.00. The maximum atomic E-state index is 14.2. The second-order valence-corrected chi connectivity index (χ2v) is 11.3. The molecule has 0 aromatic heterocycles. The lowest BCUT2D eigenvalue weighted by molar-refractivity contribution is -0.137. The number of fused-ring (bicyclic) bond motifs is 1. The third-order valence-corrected chi connectivity index (χ3v) is 8.35. The van der Waals surface area contributed by atoms with Crippen LogP contribution in [0.15, 0.2) is 65.6 Å². The first-order chi connectivity index (χ1) is 18.3. The number of rotatable bonds is 4. The van der Waals surface area contributed by atoms with Crippen LogP contribution in [0.4, 0.5) is 27.6 Å². The first kappa shape index (κ1) is 28.3.